The van der Waals surface area contributed by atoms with Crippen LogP contribution in [0.1, 0.15) is 72.0 Å². The van der Waals surface area contributed by atoms with E-state index in [0.29, 0.717) is 28.7 Å². The van der Waals surface area contributed by atoms with E-state index in [0.717, 1.165) is 42.7 Å². The summed E-state index contributed by atoms with van der Waals surface area (Å²) in [7, 11) is 0. The number of ketones is 1. The fourth-order valence-corrected chi connectivity index (χ4v) is 6.36. The van der Waals surface area contributed by atoms with E-state index < -0.39 is 11.8 Å². The molecule has 2 N–H and O–H groups in total. The van der Waals surface area contributed by atoms with Gasteiger partial charge in [0.25, 0.3) is 5.91 Å². The molecule has 7 rings (SSSR count). The number of amides is 2. The highest BCUT2D eigenvalue weighted by Crippen LogP contribution is 2.56. The highest BCUT2D eigenvalue weighted by molar-refractivity contribution is 7.14. The van der Waals surface area contributed by atoms with E-state index in [9.17, 15) is 14.4 Å². The molecule has 2 amide bonds. The van der Waals surface area contributed by atoms with Crippen molar-refractivity contribution >= 4 is 40.1 Å². The first-order chi connectivity index (χ1) is 17.9. The fraction of sp³-hybridized carbons (Fsp3) is 0.407. The summed E-state index contributed by atoms with van der Waals surface area (Å²) in [5, 5.41) is 11.9. The number of thiazole rings is 1. The maximum atomic E-state index is 12.7. The molecule has 4 aliphatic carbocycles. The summed E-state index contributed by atoms with van der Waals surface area (Å²) < 4.78 is 1.83. The predicted molar refractivity (Wildman–Crippen MR) is 140 cm³/mol. The van der Waals surface area contributed by atoms with Gasteiger partial charge >= 0.3 is 0 Å². The number of Topliss-reactive ketones (excluding diaryl/α,β-unsaturated/α-hetero) is 1. The zero-order valence-electron chi connectivity index (χ0n) is 20.6. The number of benzene rings is 1. The second-order valence-electron chi connectivity index (χ2n) is 10.4. The van der Waals surface area contributed by atoms with E-state index in [2.05, 4.69) is 38.7 Å². The number of anilines is 1. The van der Waals surface area contributed by atoms with Crippen molar-refractivity contribution in [2.75, 3.05) is 11.9 Å². The maximum Gasteiger partial charge on any atom is 0.291 e. The molecule has 0 saturated heterocycles. The van der Waals surface area contributed by atoms with Crippen LogP contribution in [0.25, 0.3) is 17.3 Å². The van der Waals surface area contributed by atoms with Crippen LogP contribution in [0.2, 0.25) is 0 Å². The molecule has 3 fully saturated rings. The monoisotopic (exact) mass is 516 g/mol. The summed E-state index contributed by atoms with van der Waals surface area (Å²) in [6, 6.07) is 5.75. The average molecular weight is 517 g/mol. The van der Waals surface area contributed by atoms with Crippen LogP contribution in [0.5, 0.6) is 0 Å². The van der Waals surface area contributed by atoms with Gasteiger partial charge in [-0.3, -0.25) is 14.4 Å². The number of carbonyl (C=O) groups excluding carboxylic acids is 3. The van der Waals surface area contributed by atoms with Crippen LogP contribution in [-0.2, 0) is 10.3 Å². The standard InChI is InChI=1S/C27H28N6O3S/c1-16-2-4-18-5-6-19(10-20(18)22(34)7-3-16)21-14-37-26(30-21)31-23(35)13-28-25(36)24-29-15-33(32-24)27-9-8-17(11-27)12-27/h2,4-6,10,14-17H,3,7-9,11-13H2,1H3,(H,28,36)(H,30,31,35)/b4-2-. The van der Waals surface area contributed by atoms with Crippen molar-refractivity contribution in [2.45, 2.75) is 51.0 Å². The molecular formula is C27H28N6O3S. The van der Waals surface area contributed by atoms with Gasteiger partial charge in [0, 0.05) is 22.9 Å². The highest BCUT2D eigenvalue weighted by Gasteiger charge is 2.52. The molecule has 9 nitrogen and oxygen atoms in total. The van der Waals surface area contributed by atoms with Gasteiger partial charge in [-0.05, 0) is 55.6 Å². The van der Waals surface area contributed by atoms with Gasteiger partial charge in [0.15, 0.2) is 10.9 Å². The number of allylic oxidation sites excluding steroid dienone is 1. The molecule has 190 valence electrons. The Morgan fingerprint density at radius 3 is 2.92 bits per heavy atom. The Kier molecular flexibility index (Phi) is 5.98. The van der Waals surface area contributed by atoms with Crippen molar-refractivity contribution in [3.8, 4) is 11.3 Å². The third kappa shape index (κ3) is 4.61. The van der Waals surface area contributed by atoms with Crippen LogP contribution in [0.4, 0.5) is 5.13 Å². The summed E-state index contributed by atoms with van der Waals surface area (Å²) in [5.74, 6) is 0.493. The molecule has 10 heteroatoms. The van der Waals surface area contributed by atoms with Gasteiger partial charge in [-0.15, -0.1) is 16.4 Å². The number of fused-ring (bicyclic) bond motifs is 2. The lowest BCUT2D eigenvalue weighted by molar-refractivity contribution is -0.115. The van der Waals surface area contributed by atoms with Gasteiger partial charge in [0.1, 0.15) is 6.33 Å². The van der Waals surface area contributed by atoms with Crippen LogP contribution in [-0.4, -0.2) is 43.9 Å². The maximum absolute atomic E-state index is 12.7. The molecule has 4 aliphatic rings. The predicted octanol–water partition coefficient (Wildman–Crippen LogP) is 4.30. The lowest BCUT2D eigenvalue weighted by Crippen LogP contribution is -2.39. The van der Waals surface area contributed by atoms with Crippen molar-refractivity contribution in [1.29, 1.82) is 0 Å². The Balaban J connectivity index is 1.06. The minimum Gasteiger partial charge on any atom is -0.340 e. The van der Waals surface area contributed by atoms with E-state index in [4.69, 9.17) is 0 Å². The van der Waals surface area contributed by atoms with E-state index in [1.165, 1.54) is 17.8 Å². The quantitative estimate of drug-likeness (QED) is 0.504. The van der Waals surface area contributed by atoms with Crippen molar-refractivity contribution < 1.29 is 14.4 Å². The molecule has 37 heavy (non-hydrogen) atoms. The van der Waals surface area contributed by atoms with Crippen molar-refractivity contribution in [3.05, 3.63) is 52.9 Å². The molecule has 1 atom stereocenters. The first-order valence-corrected chi connectivity index (χ1v) is 13.6. The van der Waals surface area contributed by atoms with Crippen LogP contribution < -0.4 is 10.6 Å². The van der Waals surface area contributed by atoms with Crippen LogP contribution in [0.15, 0.2) is 36.0 Å². The zero-order chi connectivity index (χ0) is 25.6. The Hall–Kier alpha value is -3.66. The largest absolute Gasteiger partial charge is 0.340 e. The smallest absolute Gasteiger partial charge is 0.291 e. The third-order valence-electron chi connectivity index (χ3n) is 7.78. The van der Waals surface area contributed by atoms with Gasteiger partial charge in [0.05, 0.1) is 17.8 Å². The number of nitrogens with one attached hydrogen (secondary N) is 2. The summed E-state index contributed by atoms with van der Waals surface area (Å²) in [6.07, 6.45) is 11.6. The molecule has 3 aromatic rings. The van der Waals surface area contributed by atoms with Crippen LogP contribution in [0.3, 0.4) is 0 Å². The lowest BCUT2D eigenvalue weighted by atomic mass is 9.77. The summed E-state index contributed by atoms with van der Waals surface area (Å²) in [4.78, 5) is 46.3. The molecule has 2 bridgehead atoms. The molecule has 1 aromatic carbocycles. The number of rotatable bonds is 6. The van der Waals surface area contributed by atoms with Crippen LogP contribution in [0, 0.1) is 11.8 Å². The van der Waals surface area contributed by atoms with Gasteiger partial charge in [-0.1, -0.05) is 31.2 Å². The Morgan fingerprint density at radius 1 is 1.24 bits per heavy atom. The Labute approximate surface area is 218 Å². The minimum atomic E-state index is -0.479. The second kappa shape index (κ2) is 9.33. The van der Waals surface area contributed by atoms with Gasteiger partial charge in [-0.25, -0.2) is 14.6 Å². The zero-order valence-corrected chi connectivity index (χ0v) is 21.4. The Morgan fingerprint density at radius 2 is 2.11 bits per heavy atom. The molecule has 0 spiro atoms. The molecular weight excluding hydrogens is 488 g/mol. The molecule has 1 unspecified atom stereocenters. The number of carbonyl (C=O) groups is 3. The number of nitrogens with zero attached hydrogens (tertiary/aromatic N) is 4. The number of hydrogen-bond donors (Lipinski definition) is 2. The SMILES string of the molecule is CC1/C=C\c2ccc(-c3csc(NC(=O)CNC(=O)c4ncn(C56CCC(C5)C6)n4)n3)cc2C(=O)CC1. The summed E-state index contributed by atoms with van der Waals surface area (Å²) in [5.41, 5.74) is 3.15. The van der Waals surface area contributed by atoms with E-state index in [1.54, 1.807) is 6.33 Å². The highest BCUT2D eigenvalue weighted by atomic mass is 32.1. The van der Waals surface area contributed by atoms with Crippen molar-refractivity contribution in [2.24, 2.45) is 11.8 Å². The normalized spacial score (nSPS) is 24.9. The fourth-order valence-electron chi connectivity index (χ4n) is 5.62. The molecule has 2 heterocycles. The topological polar surface area (TPSA) is 119 Å². The molecule has 0 radical (unpaired) electrons. The third-order valence-corrected chi connectivity index (χ3v) is 8.53. The van der Waals surface area contributed by atoms with Gasteiger partial charge < -0.3 is 10.6 Å². The van der Waals surface area contributed by atoms with Crippen molar-refractivity contribution in [1.82, 2.24) is 25.1 Å². The van der Waals surface area contributed by atoms with Crippen LogP contribution >= 0.6 is 11.3 Å². The van der Waals surface area contributed by atoms with Gasteiger partial charge in [-0.2, -0.15) is 0 Å². The minimum absolute atomic E-state index is 0.0370. The Bertz CT molecular complexity index is 1410. The number of aromatic nitrogens is 4. The average Bonchev–Trinajstić information content (AvgIpc) is 3.67. The van der Waals surface area contributed by atoms with E-state index >= 15 is 0 Å². The summed E-state index contributed by atoms with van der Waals surface area (Å²) >= 11 is 1.29. The van der Waals surface area contributed by atoms with E-state index in [1.807, 2.05) is 34.3 Å². The van der Waals surface area contributed by atoms with E-state index in [-0.39, 0.29) is 23.7 Å². The second-order valence-corrected chi connectivity index (χ2v) is 11.3. The van der Waals surface area contributed by atoms with Crippen molar-refractivity contribution in [3.63, 3.8) is 0 Å². The van der Waals surface area contributed by atoms with Gasteiger partial charge in [0.2, 0.25) is 11.7 Å². The first-order valence-electron chi connectivity index (χ1n) is 12.7. The molecule has 0 aliphatic heterocycles. The first kappa shape index (κ1) is 23.7. The molecule has 2 aromatic heterocycles. The number of hydrogen-bond acceptors (Lipinski definition) is 7. The lowest BCUT2D eigenvalue weighted by Gasteiger charge is -2.38. The molecule has 3 saturated carbocycles. The summed E-state index contributed by atoms with van der Waals surface area (Å²) in [6.45, 7) is 1.90.